The second kappa shape index (κ2) is 10.7. The van der Waals surface area contributed by atoms with Crippen LogP contribution in [-0.2, 0) is 13.6 Å². The van der Waals surface area contributed by atoms with E-state index in [1.54, 1.807) is 17.1 Å². The zero-order valence-corrected chi connectivity index (χ0v) is 18.4. The number of hydrogen-bond acceptors (Lipinski definition) is 8. The van der Waals surface area contributed by atoms with Crippen LogP contribution in [0.25, 0.3) is 0 Å². The van der Waals surface area contributed by atoms with Gasteiger partial charge >= 0.3 is 0 Å². The van der Waals surface area contributed by atoms with Gasteiger partial charge in [-0.25, -0.2) is 4.98 Å². The van der Waals surface area contributed by atoms with Crippen LogP contribution in [0, 0.1) is 5.41 Å². The van der Waals surface area contributed by atoms with Crippen LogP contribution < -0.4 is 15.4 Å². The first-order valence-corrected chi connectivity index (χ1v) is 11.0. The second-order valence-corrected chi connectivity index (χ2v) is 7.92. The first kappa shape index (κ1) is 21.8. The van der Waals surface area contributed by atoms with Crippen LogP contribution in [0.2, 0.25) is 0 Å². The lowest BCUT2D eigenvalue weighted by Gasteiger charge is -2.26. The maximum absolute atomic E-state index is 7.65. The van der Waals surface area contributed by atoms with Crippen LogP contribution in [0.15, 0.2) is 42.9 Å². The minimum Gasteiger partial charge on any atom is -0.492 e. The van der Waals surface area contributed by atoms with E-state index in [1.165, 1.54) is 38.6 Å². The monoisotopic (exact) mass is 434 g/mol. The highest BCUT2D eigenvalue weighted by molar-refractivity contribution is 5.84. The van der Waals surface area contributed by atoms with E-state index in [0.717, 1.165) is 23.5 Å². The predicted octanol–water partition coefficient (Wildman–Crippen LogP) is 3.43. The first-order chi connectivity index (χ1) is 15.7. The van der Waals surface area contributed by atoms with Crippen molar-refractivity contribution in [2.45, 2.75) is 25.8 Å². The SMILES string of the molecule is Cn1cc(Nc2ncc(C=N)c(NCc3cccc(OCCN4CCCCC4)c3)n2)cn1. The Morgan fingerprint density at radius 2 is 2.06 bits per heavy atom. The number of piperidine rings is 1. The number of ether oxygens (including phenoxy) is 1. The molecule has 9 heteroatoms. The van der Waals surface area contributed by atoms with Crippen LogP contribution in [-0.4, -0.2) is 57.1 Å². The molecule has 3 heterocycles. The summed E-state index contributed by atoms with van der Waals surface area (Å²) in [5.41, 5.74) is 2.50. The van der Waals surface area contributed by atoms with Crippen molar-refractivity contribution in [1.82, 2.24) is 24.6 Å². The van der Waals surface area contributed by atoms with Gasteiger partial charge in [0.2, 0.25) is 5.95 Å². The zero-order chi connectivity index (χ0) is 22.2. The molecular formula is C23H30N8O. The molecule has 3 aromatic rings. The van der Waals surface area contributed by atoms with Gasteiger partial charge in [0.05, 0.1) is 17.4 Å². The third kappa shape index (κ3) is 6.04. The van der Waals surface area contributed by atoms with Crippen molar-refractivity contribution < 1.29 is 4.74 Å². The number of hydrogen-bond donors (Lipinski definition) is 3. The van der Waals surface area contributed by atoms with E-state index in [2.05, 4.69) is 30.6 Å². The summed E-state index contributed by atoms with van der Waals surface area (Å²) in [6, 6.07) is 8.08. The molecule has 0 bridgehead atoms. The van der Waals surface area contributed by atoms with Crippen LogP contribution >= 0.6 is 0 Å². The van der Waals surface area contributed by atoms with E-state index in [9.17, 15) is 0 Å². The zero-order valence-electron chi connectivity index (χ0n) is 18.4. The molecule has 0 radical (unpaired) electrons. The highest BCUT2D eigenvalue weighted by atomic mass is 16.5. The normalized spacial score (nSPS) is 14.2. The summed E-state index contributed by atoms with van der Waals surface area (Å²) in [6.45, 7) is 4.59. The van der Waals surface area contributed by atoms with Gasteiger partial charge in [0.1, 0.15) is 18.2 Å². The quantitative estimate of drug-likeness (QED) is 0.420. The number of anilines is 3. The fourth-order valence-electron chi connectivity index (χ4n) is 3.72. The molecule has 4 rings (SSSR count). The average molecular weight is 435 g/mol. The fourth-order valence-corrected chi connectivity index (χ4v) is 3.72. The smallest absolute Gasteiger partial charge is 0.229 e. The lowest BCUT2D eigenvalue weighted by Crippen LogP contribution is -2.33. The lowest BCUT2D eigenvalue weighted by atomic mass is 10.1. The minimum atomic E-state index is 0.445. The topological polar surface area (TPSA) is 104 Å². The molecule has 1 saturated heterocycles. The van der Waals surface area contributed by atoms with Crippen LogP contribution in [0.3, 0.4) is 0 Å². The van der Waals surface area contributed by atoms with E-state index < -0.39 is 0 Å². The first-order valence-electron chi connectivity index (χ1n) is 11.0. The molecule has 3 N–H and O–H groups in total. The number of likely N-dealkylation sites (tertiary alicyclic amines) is 1. The minimum absolute atomic E-state index is 0.445. The van der Waals surface area contributed by atoms with Gasteiger partial charge in [-0.1, -0.05) is 18.6 Å². The summed E-state index contributed by atoms with van der Waals surface area (Å²) >= 11 is 0. The summed E-state index contributed by atoms with van der Waals surface area (Å²) < 4.78 is 7.69. The van der Waals surface area contributed by atoms with E-state index in [0.29, 0.717) is 30.5 Å². The van der Waals surface area contributed by atoms with Crippen molar-refractivity contribution in [2.24, 2.45) is 7.05 Å². The molecule has 1 aliphatic rings. The molecule has 32 heavy (non-hydrogen) atoms. The van der Waals surface area contributed by atoms with Gasteiger partial charge in [0, 0.05) is 38.7 Å². The summed E-state index contributed by atoms with van der Waals surface area (Å²) in [6.07, 6.45) is 10.4. The summed E-state index contributed by atoms with van der Waals surface area (Å²) in [5, 5.41) is 18.2. The summed E-state index contributed by atoms with van der Waals surface area (Å²) in [4.78, 5) is 11.3. The molecule has 0 atom stereocenters. The third-order valence-electron chi connectivity index (χ3n) is 5.42. The number of aromatic nitrogens is 4. The molecule has 2 aromatic heterocycles. The van der Waals surface area contributed by atoms with Crippen molar-refractivity contribution >= 4 is 23.7 Å². The van der Waals surface area contributed by atoms with Gasteiger partial charge in [-0.2, -0.15) is 10.1 Å². The number of aryl methyl sites for hydroxylation is 1. The van der Waals surface area contributed by atoms with Gasteiger partial charge < -0.3 is 20.8 Å². The Morgan fingerprint density at radius 1 is 1.19 bits per heavy atom. The Bertz CT molecular complexity index is 1030. The number of rotatable bonds is 10. The third-order valence-corrected chi connectivity index (χ3v) is 5.42. The Morgan fingerprint density at radius 3 is 2.84 bits per heavy atom. The Labute approximate surface area is 188 Å². The molecule has 9 nitrogen and oxygen atoms in total. The molecule has 0 saturated carbocycles. The largest absolute Gasteiger partial charge is 0.492 e. The van der Waals surface area contributed by atoms with Crippen molar-refractivity contribution in [3.63, 3.8) is 0 Å². The Kier molecular flexibility index (Phi) is 7.29. The summed E-state index contributed by atoms with van der Waals surface area (Å²) in [7, 11) is 1.85. The average Bonchev–Trinajstić information content (AvgIpc) is 3.23. The van der Waals surface area contributed by atoms with Crippen molar-refractivity contribution in [1.29, 1.82) is 5.41 Å². The van der Waals surface area contributed by atoms with Gasteiger partial charge in [-0.15, -0.1) is 0 Å². The van der Waals surface area contributed by atoms with Crippen LogP contribution in [0.4, 0.5) is 17.5 Å². The van der Waals surface area contributed by atoms with Gasteiger partial charge in [0.15, 0.2) is 0 Å². The molecule has 1 fully saturated rings. The van der Waals surface area contributed by atoms with E-state index in [4.69, 9.17) is 10.1 Å². The lowest BCUT2D eigenvalue weighted by molar-refractivity contribution is 0.183. The van der Waals surface area contributed by atoms with Gasteiger partial charge in [-0.3, -0.25) is 9.58 Å². The second-order valence-electron chi connectivity index (χ2n) is 7.92. The maximum Gasteiger partial charge on any atom is 0.229 e. The van der Waals surface area contributed by atoms with Gasteiger partial charge in [0.25, 0.3) is 0 Å². The number of nitrogens with zero attached hydrogens (tertiary/aromatic N) is 5. The molecule has 1 aliphatic heterocycles. The molecular weight excluding hydrogens is 404 g/mol. The van der Waals surface area contributed by atoms with Crippen molar-refractivity contribution in [3.8, 4) is 5.75 Å². The molecule has 0 unspecified atom stereocenters. The Balaban J connectivity index is 1.34. The van der Waals surface area contributed by atoms with Gasteiger partial charge in [-0.05, 0) is 43.6 Å². The number of nitrogens with one attached hydrogen (secondary N) is 3. The highest BCUT2D eigenvalue weighted by Crippen LogP contribution is 2.19. The summed E-state index contributed by atoms with van der Waals surface area (Å²) in [5.74, 6) is 1.91. The molecule has 168 valence electrons. The maximum atomic E-state index is 7.65. The highest BCUT2D eigenvalue weighted by Gasteiger charge is 2.10. The Hall–Kier alpha value is -3.46. The van der Waals surface area contributed by atoms with Crippen LogP contribution in [0.1, 0.15) is 30.4 Å². The molecule has 0 aliphatic carbocycles. The molecule has 0 amide bonds. The van der Waals surface area contributed by atoms with Crippen molar-refractivity contribution in [3.05, 3.63) is 54.0 Å². The standard InChI is InChI=1S/C23H30N8O/c1-30-17-20(16-27-30)28-23-26-15-19(13-24)22(29-23)25-14-18-6-5-7-21(12-18)32-11-10-31-8-3-2-4-9-31/h5-7,12-13,15-17,24H,2-4,8-11,14H2,1H3,(H2,25,26,28,29). The van der Waals surface area contributed by atoms with E-state index in [-0.39, 0.29) is 0 Å². The van der Waals surface area contributed by atoms with E-state index in [1.807, 2.05) is 37.5 Å². The fraction of sp³-hybridized carbons (Fsp3) is 0.391. The molecule has 1 aromatic carbocycles. The van der Waals surface area contributed by atoms with Crippen LogP contribution in [0.5, 0.6) is 5.75 Å². The molecule has 0 spiro atoms. The predicted molar refractivity (Wildman–Crippen MR) is 126 cm³/mol. The van der Waals surface area contributed by atoms with Crippen molar-refractivity contribution in [2.75, 3.05) is 36.9 Å². The van der Waals surface area contributed by atoms with E-state index >= 15 is 0 Å². The number of benzene rings is 1.